The van der Waals surface area contributed by atoms with Gasteiger partial charge in [0.05, 0.1) is 0 Å². The van der Waals surface area contributed by atoms with Crippen molar-refractivity contribution < 1.29 is 18.0 Å². The van der Waals surface area contributed by atoms with Gasteiger partial charge in [-0.25, -0.2) is 0 Å². The van der Waals surface area contributed by atoms with Gasteiger partial charge >= 0.3 is 6.18 Å². The molecule has 0 saturated heterocycles. The Morgan fingerprint density at radius 3 is 2.44 bits per heavy atom. The minimum absolute atomic E-state index is 0.234. The quantitative estimate of drug-likeness (QED) is 0.762. The van der Waals surface area contributed by atoms with E-state index in [2.05, 4.69) is 22.6 Å². The number of carbonyl (C=O) groups excluding carboxylic acids is 1. The van der Waals surface area contributed by atoms with E-state index in [1.807, 2.05) is 24.3 Å². The van der Waals surface area contributed by atoms with E-state index in [-0.39, 0.29) is 6.42 Å². The standard InChI is InChI=1S/C11H10F3IO/c12-11(13,14)10(16)7-3-5-8-4-1-2-6-9(8)15/h1-2,4,6H,3,5,7H2. The third-order valence-corrected chi connectivity index (χ3v) is 3.18. The molecule has 0 aliphatic rings. The van der Waals surface area contributed by atoms with Crippen LogP contribution in [0.25, 0.3) is 0 Å². The first-order chi connectivity index (χ1) is 7.41. The molecule has 0 atom stereocenters. The molecule has 0 radical (unpaired) electrons. The molecule has 1 aromatic carbocycles. The van der Waals surface area contributed by atoms with E-state index in [0.717, 1.165) is 9.13 Å². The number of hydrogen-bond donors (Lipinski definition) is 0. The first kappa shape index (κ1) is 13.5. The van der Waals surface area contributed by atoms with E-state index in [1.165, 1.54) is 0 Å². The fourth-order valence-electron chi connectivity index (χ4n) is 1.28. The summed E-state index contributed by atoms with van der Waals surface area (Å²) in [6.45, 7) is 0. The summed E-state index contributed by atoms with van der Waals surface area (Å²) in [4.78, 5) is 10.6. The highest BCUT2D eigenvalue weighted by Crippen LogP contribution is 2.20. The minimum atomic E-state index is -4.69. The van der Waals surface area contributed by atoms with Crippen LogP contribution in [0.15, 0.2) is 24.3 Å². The summed E-state index contributed by atoms with van der Waals surface area (Å²) in [7, 11) is 0. The first-order valence-corrected chi connectivity index (χ1v) is 5.82. The summed E-state index contributed by atoms with van der Waals surface area (Å²) in [6, 6.07) is 7.45. The van der Waals surface area contributed by atoms with Crippen LogP contribution < -0.4 is 0 Å². The van der Waals surface area contributed by atoms with Crippen LogP contribution in [-0.2, 0) is 11.2 Å². The lowest BCUT2D eigenvalue weighted by atomic mass is 10.1. The van der Waals surface area contributed by atoms with Gasteiger partial charge in [0, 0.05) is 9.99 Å². The molecule has 0 spiro atoms. The molecule has 0 aliphatic heterocycles. The second-order valence-electron chi connectivity index (χ2n) is 3.37. The summed E-state index contributed by atoms with van der Waals surface area (Å²) in [5.41, 5.74) is 0.984. The number of hydrogen-bond acceptors (Lipinski definition) is 1. The van der Waals surface area contributed by atoms with Crippen molar-refractivity contribution in [2.75, 3.05) is 0 Å². The Kier molecular flexibility index (Phi) is 4.76. The maximum Gasteiger partial charge on any atom is 0.449 e. The fourth-order valence-corrected chi connectivity index (χ4v) is 1.94. The van der Waals surface area contributed by atoms with Crippen molar-refractivity contribution >= 4 is 28.4 Å². The summed E-state index contributed by atoms with van der Waals surface area (Å²) in [6.07, 6.45) is -4.39. The molecule has 0 heterocycles. The molecular weight excluding hydrogens is 332 g/mol. The van der Waals surface area contributed by atoms with Crippen LogP contribution in [0.4, 0.5) is 13.2 Å². The van der Waals surface area contributed by atoms with E-state index >= 15 is 0 Å². The summed E-state index contributed by atoms with van der Waals surface area (Å²) >= 11 is 2.13. The molecule has 0 amide bonds. The number of benzene rings is 1. The average Bonchev–Trinajstić information content (AvgIpc) is 2.19. The van der Waals surface area contributed by atoms with Crippen molar-refractivity contribution in [2.24, 2.45) is 0 Å². The third-order valence-electron chi connectivity index (χ3n) is 2.12. The summed E-state index contributed by atoms with van der Waals surface area (Å²) in [5, 5.41) is 0. The lowest BCUT2D eigenvalue weighted by molar-refractivity contribution is -0.171. The van der Waals surface area contributed by atoms with Crippen molar-refractivity contribution in [1.29, 1.82) is 0 Å². The third kappa shape index (κ3) is 4.11. The van der Waals surface area contributed by atoms with Crippen molar-refractivity contribution in [3.8, 4) is 0 Å². The van der Waals surface area contributed by atoms with Gasteiger partial charge in [0.15, 0.2) is 0 Å². The Morgan fingerprint density at radius 2 is 1.88 bits per heavy atom. The number of alkyl halides is 3. The molecule has 16 heavy (non-hydrogen) atoms. The van der Waals surface area contributed by atoms with Gasteiger partial charge in [-0.1, -0.05) is 18.2 Å². The second-order valence-corrected chi connectivity index (χ2v) is 4.53. The molecule has 88 valence electrons. The highest BCUT2D eigenvalue weighted by molar-refractivity contribution is 14.1. The number of rotatable bonds is 4. The smallest absolute Gasteiger partial charge is 0.290 e. The molecule has 0 fully saturated rings. The van der Waals surface area contributed by atoms with Crippen molar-refractivity contribution in [3.05, 3.63) is 33.4 Å². The first-order valence-electron chi connectivity index (χ1n) is 4.74. The van der Waals surface area contributed by atoms with E-state index in [0.29, 0.717) is 6.42 Å². The largest absolute Gasteiger partial charge is 0.449 e. The number of carbonyl (C=O) groups is 1. The second kappa shape index (κ2) is 5.65. The molecular formula is C11H10F3IO. The van der Waals surface area contributed by atoms with E-state index in [1.54, 1.807) is 0 Å². The van der Waals surface area contributed by atoms with Crippen LogP contribution in [0.3, 0.4) is 0 Å². The number of ketones is 1. The predicted molar refractivity (Wildman–Crippen MR) is 63.2 cm³/mol. The van der Waals surface area contributed by atoms with Gasteiger partial charge in [-0.05, 0) is 47.1 Å². The highest BCUT2D eigenvalue weighted by Gasteiger charge is 2.37. The highest BCUT2D eigenvalue weighted by atomic mass is 127. The zero-order chi connectivity index (χ0) is 12.2. The number of aryl methyl sites for hydroxylation is 1. The normalized spacial score (nSPS) is 11.5. The molecule has 5 heteroatoms. The lowest BCUT2D eigenvalue weighted by Crippen LogP contribution is -2.22. The Hall–Kier alpha value is -0.590. The van der Waals surface area contributed by atoms with Crippen LogP contribution in [0.1, 0.15) is 18.4 Å². The number of halogens is 4. The Morgan fingerprint density at radius 1 is 1.25 bits per heavy atom. The molecule has 0 N–H and O–H groups in total. The molecule has 1 rings (SSSR count). The topological polar surface area (TPSA) is 17.1 Å². The fraction of sp³-hybridized carbons (Fsp3) is 0.364. The Labute approximate surface area is 105 Å². The van der Waals surface area contributed by atoms with Gasteiger partial charge in [0.1, 0.15) is 0 Å². The zero-order valence-corrected chi connectivity index (χ0v) is 10.5. The molecule has 0 unspecified atom stereocenters. The molecule has 0 saturated carbocycles. The zero-order valence-electron chi connectivity index (χ0n) is 8.35. The maximum atomic E-state index is 11.9. The lowest BCUT2D eigenvalue weighted by Gasteiger charge is -2.06. The Bertz CT molecular complexity index is 374. The van der Waals surface area contributed by atoms with E-state index in [4.69, 9.17) is 0 Å². The van der Waals surface area contributed by atoms with E-state index < -0.39 is 18.4 Å². The maximum absolute atomic E-state index is 11.9. The SMILES string of the molecule is O=C(CCCc1ccccc1I)C(F)(F)F. The molecule has 0 bridgehead atoms. The monoisotopic (exact) mass is 342 g/mol. The molecule has 0 aliphatic carbocycles. The predicted octanol–water partition coefficient (Wildman–Crippen LogP) is 3.75. The van der Waals surface area contributed by atoms with Gasteiger partial charge in [0.25, 0.3) is 0 Å². The molecule has 1 nitrogen and oxygen atoms in total. The van der Waals surface area contributed by atoms with Crippen molar-refractivity contribution in [1.82, 2.24) is 0 Å². The van der Waals surface area contributed by atoms with Gasteiger partial charge in [-0.3, -0.25) is 4.79 Å². The molecule has 1 aromatic rings. The van der Waals surface area contributed by atoms with Gasteiger partial charge in [-0.2, -0.15) is 13.2 Å². The van der Waals surface area contributed by atoms with Crippen molar-refractivity contribution in [3.63, 3.8) is 0 Å². The van der Waals surface area contributed by atoms with Crippen LogP contribution in [0.5, 0.6) is 0 Å². The summed E-state index contributed by atoms with van der Waals surface area (Å²) < 4.78 is 36.7. The minimum Gasteiger partial charge on any atom is -0.290 e. The van der Waals surface area contributed by atoms with Crippen LogP contribution in [0.2, 0.25) is 0 Å². The average molecular weight is 342 g/mol. The van der Waals surface area contributed by atoms with Crippen molar-refractivity contribution in [2.45, 2.75) is 25.4 Å². The van der Waals surface area contributed by atoms with Gasteiger partial charge in [-0.15, -0.1) is 0 Å². The van der Waals surface area contributed by atoms with Crippen LogP contribution in [0, 0.1) is 3.57 Å². The van der Waals surface area contributed by atoms with Gasteiger partial charge in [0.2, 0.25) is 5.78 Å². The van der Waals surface area contributed by atoms with Gasteiger partial charge < -0.3 is 0 Å². The Balaban J connectivity index is 2.43. The van der Waals surface area contributed by atoms with Crippen LogP contribution in [-0.4, -0.2) is 12.0 Å². The number of Topliss-reactive ketones (excluding diaryl/α,β-unsaturated/α-hetero) is 1. The van der Waals surface area contributed by atoms with E-state index in [9.17, 15) is 18.0 Å². The van der Waals surface area contributed by atoms with Crippen LogP contribution >= 0.6 is 22.6 Å². The summed E-state index contributed by atoms with van der Waals surface area (Å²) in [5.74, 6) is -1.64. The molecule has 0 aromatic heterocycles.